The van der Waals surface area contributed by atoms with Gasteiger partial charge in [0.2, 0.25) is 0 Å². The molecular formula is C28H22N6O9. The van der Waals surface area contributed by atoms with Crippen molar-refractivity contribution in [2.45, 2.75) is 23.3 Å². The zero-order valence-corrected chi connectivity index (χ0v) is 22.0. The van der Waals surface area contributed by atoms with E-state index in [4.69, 9.17) is 16.2 Å². The molecule has 4 N–H and O–H groups in total. The number of non-ortho nitro benzene ring substituents is 4. The summed E-state index contributed by atoms with van der Waals surface area (Å²) in [5.41, 5.74) is 10.9. The van der Waals surface area contributed by atoms with Gasteiger partial charge in [0.15, 0.2) is 0 Å². The Morgan fingerprint density at radius 2 is 0.628 bits per heavy atom. The standard InChI is InChI=1S/C28H22N6O9/c29-25-27(17-1-9-21(10-2-17)31(35)36,18-3-11-22(12-4-18)32(37)38)28(26(30)43-25,19-5-13-23(14-6-19)33(39)40)20-7-15-24(16-8-20)34(41)42/h1-16,25-26H,29-30H2. The lowest BCUT2D eigenvalue weighted by molar-refractivity contribution is -0.385. The Kier molecular flexibility index (Phi) is 7.15. The molecule has 0 saturated carbocycles. The molecule has 1 saturated heterocycles. The molecule has 0 amide bonds. The molecule has 0 aromatic heterocycles. The molecule has 2 atom stereocenters. The minimum Gasteiger partial charge on any atom is -0.343 e. The van der Waals surface area contributed by atoms with Gasteiger partial charge >= 0.3 is 0 Å². The summed E-state index contributed by atoms with van der Waals surface area (Å²) < 4.78 is 6.14. The molecular weight excluding hydrogens is 564 g/mol. The van der Waals surface area contributed by atoms with Gasteiger partial charge in [0.1, 0.15) is 12.5 Å². The third kappa shape index (κ3) is 4.35. The fourth-order valence-corrected chi connectivity index (χ4v) is 6.10. The van der Waals surface area contributed by atoms with Crippen LogP contribution in [-0.2, 0) is 15.6 Å². The van der Waals surface area contributed by atoms with E-state index in [1.807, 2.05) is 0 Å². The average Bonchev–Trinajstić information content (AvgIpc) is 3.24. The minimum absolute atomic E-state index is 0.226. The van der Waals surface area contributed by atoms with Crippen LogP contribution in [0.1, 0.15) is 22.3 Å². The summed E-state index contributed by atoms with van der Waals surface area (Å²) in [5, 5.41) is 46.0. The van der Waals surface area contributed by atoms with Gasteiger partial charge < -0.3 is 16.2 Å². The van der Waals surface area contributed by atoms with Crippen molar-refractivity contribution in [2.24, 2.45) is 11.5 Å². The number of rotatable bonds is 8. The fourth-order valence-electron chi connectivity index (χ4n) is 6.10. The summed E-state index contributed by atoms with van der Waals surface area (Å²) >= 11 is 0. The SMILES string of the molecule is NC1OC(N)C(c2ccc([N+](=O)[O-])cc2)(c2ccc([N+](=O)[O-])cc2)C1(c1ccc([N+](=O)[O-])cc1)c1ccc([N+](=O)[O-])cc1. The summed E-state index contributed by atoms with van der Waals surface area (Å²) in [4.78, 5) is 43.7. The van der Waals surface area contributed by atoms with Gasteiger partial charge in [-0.25, -0.2) is 0 Å². The van der Waals surface area contributed by atoms with Crippen molar-refractivity contribution < 1.29 is 24.4 Å². The van der Waals surface area contributed by atoms with Crippen LogP contribution in [0.3, 0.4) is 0 Å². The Hall–Kier alpha value is -5.64. The Bertz CT molecular complexity index is 1480. The molecule has 0 spiro atoms. The van der Waals surface area contributed by atoms with Gasteiger partial charge in [0, 0.05) is 48.5 Å². The maximum atomic E-state index is 11.5. The summed E-state index contributed by atoms with van der Waals surface area (Å²) in [5.74, 6) is 0. The van der Waals surface area contributed by atoms with E-state index in [0.717, 1.165) is 0 Å². The molecule has 15 heteroatoms. The van der Waals surface area contributed by atoms with Gasteiger partial charge in [-0.3, -0.25) is 40.5 Å². The van der Waals surface area contributed by atoms with Crippen molar-refractivity contribution in [3.05, 3.63) is 160 Å². The quantitative estimate of drug-likeness (QED) is 0.219. The number of nitrogens with zero attached hydrogens (tertiary/aromatic N) is 4. The number of nitro benzene ring substituents is 4. The smallest absolute Gasteiger partial charge is 0.269 e. The van der Waals surface area contributed by atoms with E-state index < -0.39 is 43.0 Å². The van der Waals surface area contributed by atoms with Crippen LogP contribution in [0, 0.1) is 40.5 Å². The zero-order chi connectivity index (χ0) is 31.1. The van der Waals surface area contributed by atoms with Gasteiger partial charge in [-0.05, 0) is 22.3 Å². The third-order valence-corrected chi connectivity index (χ3v) is 7.90. The second-order valence-electron chi connectivity index (χ2n) is 9.81. The predicted octanol–water partition coefficient (Wildman–Crippen LogP) is 4.19. The van der Waals surface area contributed by atoms with E-state index in [0.29, 0.717) is 22.3 Å². The van der Waals surface area contributed by atoms with Crippen molar-refractivity contribution in [2.75, 3.05) is 0 Å². The molecule has 0 radical (unpaired) electrons. The first-order valence-corrected chi connectivity index (χ1v) is 12.6. The van der Waals surface area contributed by atoms with Crippen LogP contribution in [0.5, 0.6) is 0 Å². The van der Waals surface area contributed by atoms with Crippen LogP contribution in [0.25, 0.3) is 0 Å². The number of ether oxygens (including phenoxy) is 1. The van der Waals surface area contributed by atoms with Crippen LogP contribution < -0.4 is 11.5 Å². The van der Waals surface area contributed by atoms with Crippen LogP contribution in [0.4, 0.5) is 22.7 Å². The largest absolute Gasteiger partial charge is 0.343 e. The molecule has 0 bridgehead atoms. The molecule has 5 rings (SSSR count). The normalized spacial score (nSPS) is 18.6. The highest BCUT2D eigenvalue weighted by Gasteiger charge is 2.68. The van der Waals surface area contributed by atoms with Crippen LogP contribution in [-0.4, -0.2) is 32.1 Å². The van der Waals surface area contributed by atoms with Crippen molar-refractivity contribution >= 4 is 22.7 Å². The Morgan fingerprint density at radius 1 is 0.442 bits per heavy atom. The lowest BCUT2D eigenvalue weighted by Crippen LogP contribution is -2.59. The molecule has 218 valence electrons. The van der Waals surface area contributed by atoms with Crippen molar-refractivity contribution in [3.63, 3.8) is 0 Å². The number of hydrogen-bond acceptors (Lipinski definition) is 11. The minimum atomic E-state index is -1.59. The predicted molar refractivity (Wildman–Crippen MR) is 151 cm³/mol. The zero-order valence-electron chi connectivity index (χ0n) is 22.0. The topological polar surface area (TPSA) is 234 Å². The number of nitro groups is 4. The number of nitrogens with two attached hydrogens (primary N) is 2. The van der Waals surface area contributed by atoms with E-state index in [2.05, 4.69) is 0 Å². The van der Waals surface area contributed by atoms with Crippen LogP contribution >= 0.6 is 0 Å². The van der Waals surface area contributed by atoms with Gasteiger partial charge in [0.25, 0.3) is 22.7 Å². The second-order valence-corrected chi connectivity index (χ2v) is 9.81. The average molecular weight is 587 g/mol. The highest BCUT2D eigenvalue weighted by molar-refractivity contribution is 5.61. The van der Waals surface area contributed by atoms with Gasteiger partial charge in [-0.2, -0.15) is 0 Å². The van der Waals surface area contributed by atoms with E-state index in [9.17, 15) is 40.5 Å². The lowest BCUT2D eigenvalue weighted by atomic mass is 9.51. The highest BCUT2D eigenvalue weighted by Crippen LogP contribution is 2.60. The van der Waals surface area contributed by atoms with Crippen molar-refractivity contribution in [1.82, 2.24) is 0 Å². The number of benzene rings is 4. The van der Waals surface area contributed by atoms with E-state index in [1.54, 1.807) is 0 Å². The Balaban J connectivity index is 1.94. The molecule has 1 aliphatic heterocycles. The lowest BCUT2D eigenvalue weighted by Gasteiger charge is -2.49. The van der Waals surface area contributed by atoms with E-state index in [1.165, 1.54) is 97.1 Å². The second kappa shape index (κ2) is 10.6. The van der Waals surface area contributed by atoms with Crippen LogP contribution in [0.2, 0.25) is 0 Å². The third-order valence-electron chi connectivity index (χ3n) is 7.90. The maximum absolute atomic E-state index is 11.5. The van der Waals surface area contributed by atoms with Gasteiger partial charge in [-0.1, -0.05) is 48.5 Å². The Morgan fingerprint density at radius 3 is 0.791 bits per heavy atom. The molecule has 15 nitrogen and oxygen atoms in total. The summed E-state index contributed by atoms with van der Waals surface area (Å²) in [6, 6.07) is 21.8. The molecule has 1 heterocycles. The summed E-state index contributed by atoms with van der Waals surface area (Å²) in [6.07, 6.45) is -2.59. The molecule has 4 aromatic carbocycles. The van der Waals surface area contributed by atoms with Crippen LogP contribution in [0.15, 0.2) is 97.1 Å². The Labute approximate surface area is 241 Å². The molecule has 2 unspecified atom stereocenters. The first-order valence-electron chi connectivity index (χ1n) is 12.6. The summed E-state index contributed by atoms with van der Waals surface area (Å²) in [6.45, 7) is 0. The monoisotopic (exact) mass is 586 g/mol. The maximum Gasteiger partial charge on any atom is 0.269 e. The molecule has 4 aromatic rings. The van der Waals surface area contributed by atoms with E-state index in [-0.39, 0.29) is 22.7 Å². The van der Waals surface area contributed by atoms with Crippen molar-refractivity contribution in [3.8, 4) is 0 Å². The first-order chi connectivity index (χ1) is 20.4. The van der Waals surface area contributed by atoms with Gasteiger partial charge in [-0.15, -0.1) is 0 Å². The van der Waals surface area contributed by atoms with Crippen molar-refractivity contribution in [1.29, 1.82) is 0 Å². The number of hydrogen-bond donors (Lipinski definition) is 2. The molecule has 1 fully saturated rings. The molecule has 43 heavy (non-hydrogen) atoms. The van der Waals surface area contributed by atoms with Gasteiger partial charge in [0.05, 0.1) is 30.5 Å². The summed E-state index contributed by atoms with van der Waals surface area (Å²) in [7, 11) is 0. The molecule has 1 aliphatic rings. The first kappa shape index (κ1) is 28.9. The molecule has 0 aliphatic carbocycles. The highest BCUT2D eigenvalue weighted by atomic mass is 16.6. The fraction of sp³-hybridized carbons (Fsp3) is 0.143. The van der Waals surface area contributed by atoms with E-state index >= 15 is 0 Å².